The van der Waals surface area contributed by atoms with Crippen molar-refractivity contribution in [2.24, 2.45) is 4.99 Å². The highest BCUT2D eigenvalue weighted by Crippen LogP contribution is 2.20. The van der Waals surface area contributed by atoms with E-state index >= 15 is 0 Å². The van der Waals surface area contributed by atoms with Crippen molar-refractivity contribution in [2.75, 3.05) is 37.0 Å². The summed E-state index contributed by atoms with van der Waals surface area (Å²) in [4.78, 5) is 16.7. The zero-order chi connectivity index (χ0) is 18.5. The number of thioether (sulfide) groups is 1. The fourth-order valence-electron chi connectivity index (χ4n) is 2.13. The summed E-state index contributed by atoms with van der Waals surface area (Å²) in [7, 11) is 0. The van der Waals surface area contributed by atoms with Crippen LogP contribution in [-0.4, -0.2) is 43.5 Å². The summed E-state index contributed by atoms with van der Waals surface area (Å²) in [6.45, 7) is 6.18. The summed E-state index contributed by atoms with van der Waals surface area (Å²) in [5.74, 6) is 1.94. The van der Waals surface area contributed by atoms with Crippen LogP contribution in [0.4, 0.5) is 5.69 Å². The van der Waals surface area contributed by atoms with Crippen LogP contribution in [0.2, 0.25) is 0 Å². The first-order chi connectivity index (χ1) is 12.1. The number of amides is 1. The molecule has 0 aliphatic rings. The molecule has 0 fully saturated rings. The third-order valence-electron chi connectivity index (χ3n) is 3.49. The number of rotatable bonds is 10. The smallest absolute Gasteiger partial charge is 0.226 e. The third kappa shape index (κ3) is 9.75. The number of halogens is 1. The first-order valence-corrected chi connectivity index (χ1v) is 10.8. The standard InChI is InChI=1S/C18H29BrN4OS/c1-4-20-18(21-10-5-6-12-25-3)22-11-9-17(24)23-16-13-15(19)8-7-14(16)2/h7-8,13H,4-6,9-12H2,1-3H3,(H,23,24)(H2,20,21,22). The van der Waals surface area contributed by atoms with Gasteiger partial charge in [0.15, 0.2) is 5.96 Å². The summed E-state index contributed by atoms with van der Waals surface area (Å²) in [5, 5.41) is 9.38. The maximum Gasteiger partial charge on any atom is 0.226 e. The average Bonchev–Trinajstić information content (AvgIpc) is 2.58. The summed E-state index contributed by atoms with van der Waals surface area (Å²) in [6.07, 6.45) is 4.77. The number of carbonyl (C=O) groups is 1. The van der Waals surface area contributed by atoms with Crippen LogP contribution in [0.3, 0.4) is 0 Å². The van der Waals surface area contributed by atoms with Crippen LogP contribution in [0.15, 0.2) is 27.7 Å². The molecule has 0 spiro atoms. The van der Waals surface area contributed by atoms with Gasteiger partial charge >= 0.3 is 0 Å². The number of carbonyl (C=O) groups excluding carboxylic acids is 1. The van der Waals surface area contributed by atoms with E-state index in [0.717, 1.165) is 41.2 Å². The number of hydrogen-bond acceptors (Lipinski definition) is 3. The molecule has 1 amide bonds. The molecule has 140 valence electrons. The highest BCUT2D eigenvalue weighted by Gasteiger charge is 2.06. The number of nitrogens with one attached hydrogen (secondary N) is 3. The van der Waals surface area contributed by atoms with Crippen molar-refractivity contribution in [1.29, 1.82) is 0 Å². The van der Waals surface area contributed by atoms with E-state index in [9.17, 15) is 4.79 Å². The van der Waals surface area contributed by atoms with Crippen LogP contribution < -0.4 is 16.0 Å². The van der Waals surface area contributed by atoms with Gasteiger partial charge in [-0.3, -0.25) is 9.79 Å². The summed E-state index contributed by atoms with van der Waals surface area (Å²) >= 11 is 5.29. The zero-order valence-corrected chi connectivity index (χ0v) is 17.7. The Hall–Kier alpha value is -1.21. The molecule has 0 bridgehead atoms. The van der Waals surface area contributed by atoms with Gasteiger partial charge in [0, 0.05) is 36.2 Å². The molecule has 0 aliphatic carbocycles. The van der Waals surface area contributed by atoms with Gasteiger partial charge in [0.05, 0.1) is 0 Å². The zero-order valence-electron chi connectivity index (χ0n) is 15.3. The first kappa shape index (κ1) is 21.8. The van der Waals surface area contributed by atoms with Crippen LogP contribution in [0, 0.1) is 6.92 Å². The SMILES string of the molecule is CCNC(=NCCCCSC)NCCC(=O)Nc1cc(Br)ccc1C. The van der Waals surface area contributed by atoms with Crippen molar-refractivity contribution in [3.8, 4) is 0 Å². The molecule has 1 aromatic carbocycles. The number of aliphatic imine (C=N–C) groups is 1. The molecule has 25 heavy (non-hydrogen) atoms. The van der Waals surface area contributed by atoms with E-state index in [1.54, 1.807) is 0 Å². The van der Waals surface area contributed by atoms with Gasteiger partial charge < -0.3 is 16.0 Å². The predicted molar refractivity (Wildman–Crippen MR) is 114 cm³/mol. The van der Waals surface area contributed by atoms with Gasteiger partial charge in [-0.15, -0.1) is 0 Å². The molecule has 7 heteroatoms. The molecule has 0 heterocycles. The normalized spacial score (nSPS) is 11.3. The Balaban J connectivity index is 2.37. The number of aryl methyl sites for hydroxylation is 1. The fraction of sp³-hybridized carbons (Fsp3) is 0.556. The number of hydrogen-bond donors (Lipinski definition) is 3. The van der Waals surface area contributed by atoms with Crippen molar-refractivity contribution >= 4 is 45.2 Å². The van der Waals surface area contributed by atoms with E-state index in [4.69, 9.17) is 0 Å². The fourth-order valence-corrected chi connectivity index (χ4v) is 2.98. The third-order valence-corrected chi connectivity index (χ3v) is 4.68. The Morgan fingerprint density at radius 3 is 2.80 bits per heavy atom. The quantitative estimate of drug-likeness (QED) is 0.301. The molecule has 1 rings (SSSR count). The molecule has 0 aliphatic heterocycles. The Bertz CT molecular complexity index is 566. The second-order valence-electron chi connectivity index (χ2n) is 5.64. The maximum atomic E-state index is 12.1. The Morgan fingerprint density at radius 2 is 2.08 bits per heavy atom. The monoisotopic (exact) mass is 428 g/mol. The molecule has 0 saturated carbocycles. The molecule has 0 unspecified atom stereocenters. The molecule has 0 saturated heterocycles. The minimum absolute atomic E-state index is 0.00970. The Labute approximate surface area is 164 Å². The maximum absolute atomic E-state index is 12.1. The van der Waals surface area contributed by atoms with E-state index in [1.807, 2.05) is 43.8 Å². The summed E-state index contributed by atoms with van der Waals surface area (Å²) < 4.78 is 0.953. The van der Waals surface area contributed by atoms with Crippen molar-refractivity contribution < 1.29 is 4.79 Å². The second-order valence-corrected chi connectivity index (χ2v) is 7.55. The topological polar surface area (TPSA) is 65.5 Å². The molecule has 0 aromatic heterocycles. The first-order valence-electron chi connectivity index (χ1n) is 8.64. The van der Waals surface area contributed by atoms with Gasteiger partial charge in [-0.25, -0.2) is 0 Å². The van der Waals surface area contributed by atoms with E-state index < -0.39 is 0 Å². The van der Waals surface area contributed by atoms with Crippen molar-refractivity contribution in [3.05, 3.63) is 28.2 Å². The minimum Gasteiger partial charge on any atom is -0.357 e. The van der Waals surface area contributed by atoms with Crippen LogP contribution in [0.5, 0.6) is 0 Å². The van der Waals surface area contributed by atoms with E-state index in [0.29, 0.717) is 13.0 Å². The van der Waals surface area contributed by atoms with Crippen LogP contribution in [0.1, 0.15) is 31.7 Å². The van der Waals surface area contributed by atoms with E-state index in [1.165, 1.54) is 12.2 Å². The highest BCUT2D eigenvalue weighted by atomic mass is 79.9. The van der Waals surface area contributed by atoms with Crippen molar-refractivity contribution in [2.45, 2.75) is 33.1 Å². The number of benzene rings is 1. The van der Waals surface area contributed by atoms with Crippen molar-refractivity contribution in [3.63, 3.8) is 0 Å². The van der Waals surface area contributed by atoms with Gasteiger partial charge in [-0.2, -0.15) is 11.8 Å². The van der Waals surface area contributed by atoms with Gasteiger partial charge in [0.25, 0.3) is 0 Å². The molecule has 1 aromatic rings. The van der Waals surface area contributed by atoms with Gasteiger partial charge in [0.2, 0.25) is 5.91 Å². The highest BCUT2D eigenvalue weighted by molar-refractivity contribution is 9.10. The Kier molecular flexibility index (Phi) is 11.4. The Morgan fingerprint density at radius 1 is 1.28 bits per heavy atom. The minimum atomic E-state index is -0.00970. The summed E-state index contributed by atoms with van der Waals surface area (Å²) in [5.41, 5.74) is 1.89. The van der Waals surface area contributed by atoms with E-state index in [2.05, 4.69) is 43.1 Å². The lowest BCUT2D eigenvalue weighted by Gasteiger charge is -2.12. The lowest BCUT2D eigenvalue weighted by molar-refractivity contribution is -0.116. The summed E-state index contributed by atoms with van der Waals surface area (Å²) in [6, 6.07) is 5.86. The van der Waals surface area contributed by atoms with Gasteiger partial charge in [-0.1, -0.05) is 22.0 Å². The number of guanidine groups is 1. The van der Waals surface area contributed by atoms with Gasteiger partial charge in [-0.05, 0) is 56.4 Å². The number of anilines is 1. The molecule has 0 atom stereocenters. The molecular weight excluding hydrogens is 400 g/mol. The van der Waals surface area contributed by atoms with E-state index in [-0.39, 0.29) is 5.91 Å². The average molecular weight is 429 g/mol. The van der Waals surface area contributed by atoms with Crippen LogP contribution >= 0.6 is 27.7 Å². The number of nitrogens with zero attached hydrogens (tertiary/aromatic N) is 1. The molecule has 5 nitrogen and oxygen atoms in total. The lowest BCUT2D eigenvalue weighted by atomic mass is 10.2. The van der Waals surface area contributed by atoms with Crippen molar-refractivity contribution in [1.82, 2.24) is 10.6 Å². The van der Waals surface area contributed by atoms with Crippen LogP contribution in [-0.2, 0) is 4.79 Å². The predicted octanol–water partition coefficient (Wildman–Crippen LogP) is 3.78. The lowest BCUT2D eigenvalue weighted by Crippen LogP contribution is -2.38. The number of unbranched alkanes of at least 4 members (excludes halogenated alkanes) is 1. The van der Waals surface area contributed by atoms with Gasteiger partial charge in [0.1, 0.15) is 0 Å². The molecule has 0 radical (unpaired) electrons. The second kappa shape index (κ2) is 13.1. The molecule has 3 N–H and O–H groups in total. The largest absolute Gasteiger partial charge is 0.357 e. The molecular formula is C18H29BrN4OS. The van der Waals surface area contributed by atoms with Crippen LogP contribution in [0.25, 0.3) is 0 Å².